The molecule has 0 aromatic heterocycles. The van der Waals surface area contributed by atoms with Gasteiger partial charge in [-0.05, 0) is 25.7 Å². The van der Waals surface area contributed by atoms with E-state index in [0.717, 1.165) is 51.4 Å². The lowest BCUT2D eigenvalue weighted by Crippen LogP contribution is -2.41. The Labute approximate surface area is 124 Å². The SMILES string of the molecule is N#CC1(C2(C#N)CCCCCCC2)CCCCCCC1. The van der Waals surface area contributed by atoms with Crippen LogP contribution in [-0.4, -0.2) is 0 Å². The second kappa shape index (κ2) is 7.12. The number of hydrogen-bond donors (Lipinski definition) is 0. The Morgan fingerprint density at radius 1 is 0.450 bits per heavy atom. The fourth-order valence-electron chi connectivity index (χ4n) is 4.41. The van der Waals surface area contributed by atoms with E-state index >= 15 is 0 Å². The number of nitrogens with zero attached hydrogens (tertiary/aromatic N) is 2. The fourth-order valence-corrected chi connectivity index (χ4v) is 4.41. The van der Waals surface area contributed by atoms with Gasteiger partial charge in [-0.3, -0.25) is 0 Å². The molecule has 0 aliphatic heterocycles. The van der Waals surface area contributed by atoms with Crippen molar-refractivity contribution in [2.24, 2.45) is 10.8 Å². The Balaban J connectivity index is 2.28. The molecular formula is C18H28N2. The average Bonchev–Trinajstić information content (AvgIpc) is 2.40. The van der Waals surface area contributed by atoms with Gasteiger partial charge in [-0.1, -0.05) is 64.2 Å². The number of nitriles is 2. The maximum absolute atomic E-state index is 9.97. The highest BCUT2D eigenvalue weighted by Gasteiger charge is 2.51. The molecule has 0 aromatic carbocycles. The molecule has 0 atom stereocenters. The van der Waals surface area contributed by atoms with Gasteiger partial charge in [0.1, 0.15) is 0 Å². The molecule has 2 saturated carbocycles. The highest BCUT2D eigenvalue weighted by molar-refractivity contribution is 5.19. The third-order valence-electron chi connectivity index (χ3n) is 5.76. The van der Waals surface area contributed by atoms with E-state index in [0.29, 0.717) is 0 Å². The zero-order chi connectivity index (χ0) is 14.3. The summed E-state index contributed by atoms with van der Waals surface area (Å²) >= 11 is 0. The van der Waals surface area contributed by atoms with Crippen LogP contribution in [0.1, 0.15) is 89.9 Å². The molecule has 0 aromatic rings. The molecule has 2 rings (SSSR count). The standard InChI is InChI=1S/C18H28N2/c19-15-17(11-7-3-1-4-8-12-17)18(16-20)13-9-5-2-6-10-14-18/h1-14H2. The largest absolute Gasteiger partial charge is 0.198 e. The average molecular weight is 272 g/mol. The summed E-state index contributed by atoms with van der Waals surface area (Å²) in [5.74, 6) is 0. The van der Waals surface area contributed by atoms with Crippen molar-refractivity contribution in [2.75, 3.05) is 0 Å². The van der Waals surface area contributed by atoms with Gasteiger partial charge in [-0.15, -0.1) is 0 Å². The molecule has 110 valence electrons. The van der Waals surface area contributed by atoms with E-state index in [9.17, 15) is 10.5 Å². The lowest BCUT2D eigenvalue weighted by Gasteiger charge is -2.44. The summed E-state index contributed by atoms with van der Waals surface area (Å²) in [7, 11) is 0. The predicted octanol–water partition coefficient (Wildman–Crippen LogP) is 5.49. The van der Waals surface area contributed by atoms with Crippen molar-refractivity contribution < 1.29 is 0 Å². The summed E-state index contributed by atoms with van der Waals surface area (Å²) < 4.78 is 0. The van der Waals surface area contributed by atoms with Crippen LogP contribution in [0.25, 0.3) is 0 Å². The van der Waals surface area contributed by atoms with Crippen LogP contribution in [0.4, 0.5) is 0 Å². The Kier molecular flexibility index (Phi) is 5.47. The molecule has 0 amide bonds. The topological polar surface area (TPSA) is 47.6 Å². The van der Waals surface area contributed by atoms with Gasteiger partial charge in [0.2, 0.25) is 0 Å². The molecule has 0 N–H and O–H groups in total. The van der Waals surface area contributed by atoms with E-state index in [2.05, 4.69) is 12.1 Å². The summed E-state index contributed by atoms with van der Waals surface area (Å²) in [6.45, 7) is 0. The Hall–Kier alpha value is -1.02. The third kappa shape index (κ3) is 3.01. The maximum atomic E-state index is 9.97. The van der Waals surface area contributed by atoms with Crippen molar-refractivity contribution in [1.82, 2.24) is 0 Å². The number of hydrogen-bond acceptors (Lipinski definition) is 2. The molecule has 20 heavy (non-hydrogen) atoms. The van der Waals surface area contributed by atoms with Crippen LogP contribution in [0.15, 0.2) is 0 Å². The van der Waals surface area contributed by atoms with E-state index < -0.39 is 0 Å². The van der Waals surface area contributed by atoms with Crippen molar-refractivity contribution in [3.63, 3.8) is 0 Å². The molecule has 0 unspecified atom stereocenters. The first-order valence-electron chi connectivity index (χ1n) is 8.61. The van der Waals surface area contributed by atoms with Gasteiger partial charge in [0.15, 0.2) is 0 Å². The van der Waals surface area contributed by atoms with Crippen molar-refractivity contribution >= 4 is 0 Å². The molecular weight excluding hydrogens is 244 g/mol. The molecule has 2 heteroatoms. The van der Waals surface area contributed by atoms with Crippen LogP contribution < -0.4 is 0 Å². The van der Waals surface area contributed by atoms with Crippen LogP contribution in [0.5, 0.6) is 0 Å². The van der Waals surface area contributed by atoms with Crippen molar-refractivity contribution in [3.8, 4) is 12.1 Å². The molecule has 0 radical (unpaired) electrons. The molecule has 0 bridgehead atoms. The summed E-state index contributed by atoms with van der Waals surface area (Å²) in [5.41, 5.74) is -0.723. The van der Waals surface area contributed by atoms with Gasteiger partial charge in [-0.2, -0.15) is 10.5 Å². The van der Waals surface area contributed by atoms with Gasteiger partial charge in [0.05, 0.1) is 23.0 Å². The zero-order valence-corrected chi connectivity index (χ0v) is 12.8. The van der Waals surface area contributed by atoms with Crippen LogP contribution in [-0.2, 0) is 0 Å². The van der Waals surface area contributed by atoms with Crippen LogP contribution in [0.3, 0.4) is 0 Å². The minimum atomic E-state index is -0.362. The van der Waals surface area contributed by atoms with E-state index in [1.165, 1.54) is 38.5 Å². The second-order valence-corrected chi connectivity index (χ2v) is 6.92. The van der Waals surface area contributed by atoms with E-state index in [4.69, 9.17) is 0 Å². The summed E-state index contributed by atoms with van der Waals surface area (Å²) in [6, 6.07) is 5.34. The first-order chi connectivity index (χ1) is 9.79. The first kappa shape index (κ1) is 15.4. The maximum Gasteiger partial charge on any atom is 0.0760 e. The Morgan fingerprint density at radius 3 is 0.950 bits per heavy atom. The smallest absolute Gasteiger partial charge is 0.0760 e. The summed E-state index contributed by atoms with van der Waals surface area (Å²) in [5, 5.41) is 19.9. The highest BCUT2D eigenvalue weighted by Crippen LogP contribution is 2.54. The van der Waals surface area contributed by atoms with E-state index in [1.54, 1.807) is 0 Å². The van der Waals surface area contributed by atoms with Gasteiger partial charge < -0.3 is 0 Å². The molecule has 2 aliphatic rings. The highest BCUT2D eigenvalue weighted by atomic mass is 14.5. The molecule has 0 saturated heterocycles. The quantitative estimate of drug-likeness (QED) is 0.633. The molecule has 2 nitrogen and oxygen atoms in total. The third-order valence-corrected chi connectivity index (χ3v) is 5.76. The molecule has 0 heterocycles. The molecule has 2 aliphatic carbocycles. The lowest BCUT2D eigenvalue weighted by atomic mass is 9.55. The monoisotopic (exact) mass is 272 g/mol. The van der Waals surface area contributed by atoms with Crippen molar-refractivity contribution in [3.05, 3.63) is 0 Å². The minimum Gasteiger partial charge on any atom is -0.198 e. The summed E-state index contributed by atoms with van der Waals surface area (Å²) in [4.78, 5) is 0. The lowest BCUT2D eigenvalue weighted by molar-refractivity contribution is 0.0836. The summed E-state index contributed by atoms with van der Waals surface area (Å²) in [6.07, 6.45) is 15.9. The van der Waals surface area contributed by atoms with E-state index in [-0.39, 0.29) is 10.8 Å². The van der Waals surface area contributed by atoms with Gasteiger partial charge in [-0.25, -0.2) is 0 Å². The predicted molar refractivity (Wildman–Crippen MR) is 80.7 cm³/mol. The minimum absolute atomic E-state index is 0.362. The van der Waals surface area contributed by atoms with Crippen LogP contribution >= 0.6 is 0 Å². The van der Waals surface area contributed by atoms with Crippen LogP contribution in [0.2, 0.25) is 0 Å². The Morgan fingerprint density at radius 2 is 0.700 bits per heavy atom. The zero-order valence-electron chi connectivity index (χ0n) is 12.8. The Bertz CT molecular complexity index is 331. The molecule has 2 fully saturated rings. The van der Waals surface area contributed by atoms with Crippen molar-refractivity contribution in [1.29, 1.82) is 10.5 Å². The fraction of sp³-hybridized carbons (Fsp3) is 0.889. The van der Waals surface area contributed by atoms with Crippen molar-refractivity contribution in [2.45, 2.75) is 89.9 Å². The molecule has 0 spiro atoms. The van der Waals surface area contributed by atoms with E-state index in [1.807, 2.05) is 0 Å². The first-order valence-corrected chi connectivity index (χ1v) is 8.61. The normalized spacial score (nSPS) is 26.9. The van der Waals surface area contributed by atoms with Crippen LogP contribution in [0, 0.1) is 33.5 Å². The second-order valence-electron chi connectivity index (χ2n) is 6.92. The van der Waals surface area contributed by atoms with Gasteiger partial charge in [0.25, 0.3) is 0 Å². The van der Waals surface area contributed by atoms with Gasteiger partial charge in [0, 0.05) is 0 Å². The number of rotatable bonds is 1. The van der Waals surface area contributed by atoms with Gasteiger partial charge >= 0.3 is 0 Å².